The third kappa shape index (κ3) is 31.5. The van der Waals surface area contributed by atoms with E-state index in [1.54, 1.807) is 0 Å². The van der Waals surface area contributed by atoms with Gasteiger partial charge in [0, 0.05) is 0 Å². The Morgan fingerprint density at radius 1 is 1.00 bits per heavy atom. The zero-order chi connectivity index (χ0) is 10.4. The fraction of sp³-hybridized carbons (Fsp3) is 0. The predicted molar refractivity (Wildman–Crippen MR) is 39.3 cm³/mol. The summed E-state index contributed by atoms with van der Waals surface area (Å²) < 4.78 is 24.4. The molecule has 0 saturated carbocycles. The molecule has 0 aliphatic carbocycles. The summed E-state index contributed by atoms with van der Waals surface area (Å²) >= 11 is 8.30. The number of halogens is 2. The van der Waals surface area contributed by atoms with Crippen molar-refractivity contribution in [2.24, 2.45) is 0 Å². The normalized spacial score (nSPS) is 18.3. The van der Waals surface area contributed by atoms with Gasteiger partial charge in [-0.2, -0.15) is 0 Å². The predicted octanol–water partition coefficient (Wildman–Crippen LogP) is -1.15. The fourth-order valence-corrected chi connectivity index (χ4v) is 0. The average Bonchev–Trinajstić information content (AvgIpc) is 1.86. The molecule has 2 N–H and O–H groups in total. The van der Waals surface area contributed by atoms with Crippen molar-refractivity contribution < 1.29 is 36.9 Å². The average molecular weight is 303 g/mol. The van der Waals surface area contributed by atoms with Crippen LogP contribution in [0.25, 0.3) is 0 Å². The maximum atomic E-state index is 9.23. The molecule has 0 aliphatic rings. The van der Waals surface area contributed by atoms with Gasteiger partial charge in [-0.1, -0.05) is 0 Å². The van der Waals surface area contributed by atoms with E-state index < -0.39 is 15.6 Å². The summed E-state index contributed by atoms with van der Waals surface area (Å²) in [6.45, 7) is 0. The number of rotatable bonds is 2. The third-order valence-electron chi connectivity index (χ3n) is 0.174. The van der Waals surface area contributed by atoms with Crippen molar-refractivity contribution in [1.29, 1.82) is 0 Å². The largest absolute Gasteiger partial charge is 2.00 e. The molecule has 0 amide bonds. The van der Waals surface area contributed by atoms with Crippen LogP contribution >= 0.6 is 39.4 Å². The summed E-state index contributed by atoms with van der Waals surface area (Å²) in [6, 6.07) is 0. The van der Waals surface area contributed by atoms with E-state index in [0.717, 1.165) is 0 Å². The Balaban J connectivity index is -0.000000143. The summed E-state index contributed by atoms with van der Waals surface area (Å²) in [5.41, 5.74) is 0. The topological polar surface area (TPSA) is 139 Å². The van der Waals surface area contributed by atoms with E-state index in [1.165, 1.54) is 0 Å². The maximum Gasteiger partial charge on any atom is 2.00 e. The van der Waals surface area contributed by atoms with Gasteiger partial charge in [-0.15, -0.1) is 0 Å². The van der Waals surface area contributed by atoms with E-state index in [9.17, 15) is 18.9 Å². The maximum absolute atomic E-state index is 9.23. The first-order chi connectivity index (χ1) is 5.12. The molecule has 13 heavy (non-hydrogen) atoms. The molecule has 0 heterocycles. The molecule has 0 spiro atoms. The minimum absolute atomic E-state index is 0. The van der Waals surface area contributed by atoms with E-state index in [-0.39, 0.29) is 37.7 Å². The van der Waals surface area contributed by atoms with E-state index in [1.807, 2.05) is 0 Å². The smallest absolute Gasteiger partial charge is 0.755 e. The molecule has 0 aliphatic heterocycles. The molecule has 0 fully saturated rings. The number of hydrogen-bond donors (Lipinski definition) is 2. The SMILES string of the molecule is O=P([O-])(O)OCl.O=P([O-])(O)OCl.[Ca+2]. The van der Waals surface area contributed by atoms with Crippen LogP contribution in [0, 0.1) is 0 Å². The van der Waals surface area contributed by atoms with E-state index >= 15 is 0 Å². The second-order valence-corrected chi connectivity index (χ2v) is 4.05. The van der Waals surface area contributed by atoms with Crippen LogP contribution in [0.3, 0.4) is 0 Å². The Labute approximate surface area is 113 Å². The summed E-state index contributed by atoms with van der Waals surface area (Å²) in [7, 11) is -9.26. The van der Waals surface area contributed by atoms with Crippen LogP contribution < -0.4 is 9.79 Å². The van der Waals surface area contributed by atoms with Crippen molar-refractivity contribution in [1.82, 2.24) is 0 Å². The van der Waals surface area contributed by atoms with Crippen molar-refractivity contribution >= 4 is 77.1 Å². The minimum Gasteiger partial charge on any atom is -0.755 e. The van der Waals surface area contributed by atoms with Crippen molar-refractivity contribution in [2.45, 2.75) is 0 Å². The first-order valence-electron chi connectivity index (χ1n) is 1.80. The Bertz CT molecular complexity index is 170. The van der Waals surface area contributed by atoms with Gasteiger partial charge in [-0.3, -0.25) is 9.13 Å². The molecule has 0 radical (unpaired) electrons. The summed E-state index contributed by atoms with van der Waals surface area (Å²) in [5, 5.41) is 0. The first-order valence-corrected chi connectivity index (χ1v) is 5.41. The molecule has 2 atom stereocenters. The number of hydrogen-bond acceptors (Lipinski definition) is 6. The monoisotopic (exact) mass is 302 g/mol. The summed E-state index contributed by atoms with van der Waals surface area (Å²) in [6.07, 6.45) is 0. The molecule has 2 unspecified atom stereocenters. The van der Waals surface area contributed by atoms with Crippen LogP contribution in [0.1, 0.15) is 0 Å². The Morgan fingerprint density at radius 2 is 1.08 bits per heavy atom. The summed E-state index contributed by atoms with van der Waals surface area (Å²) in [4.78, 5) is 33.4. The number of phosphoric acid groups is 2. The van der Waals surface area contributed by atoms with Gasteiger partial charge in [-0.25, -0.2) is 8.15 Å². The van der Waals surface area contributed by atoms with Crippen LogP contribution in [0.15, 0.2) is 0 Å². The van der Waals surface area contributed by atoms with Crippen LogP contribution in [0.4, 0.5) is 0 Å². The van der Waals surface area contributed by atoms with Crippen LogP contribution in [-0.4, -0.2) is 47.5 Å². The molecule has 0 aromatic rings. The quantitative estimate of drug-likeness (QED) is 0.481. The van der Waals surface area contributed by atoms with Crippen LogP contribution in [0.5, 0.6) is 0 Å². The van der Waals surface area contributed by atoms with E-state index in [4.69, 9.17) is 9.79 Å². The van der Waals surface area contributed by atoms with Crippen molar-refractivity contribution in [3.8, 4) is 0 Å². The molecule has 8 nitrogen and oxygen atoms in total. The molecular weight excluding hydrogens is 301 g/mol. The molecule has 0 aromatic carbocycles. The van der Waals surface area contributed by atoms with E-state index in [0.29, 0.717) is 0 Å². The zero-order valence-corrected chi connectivity index (χ0v) is 11.2. The third-order valence-corrected chi connectivity index (χ3v) is 1.57. The second kappa shape index (κ2) is 9.30. The van der Waals surface area contributed by atoms with Gasteiger partial charge in [-0.05, 0) is 0 Å². The van der Waals surface area contributed by atoms with E-state index in [2.05, 4.69) is 31.9 Å². The molecule has 0 rings (SSSR count). The zero-order valence-electron chi connectivity index (χ0n) is 5.70. The Hall–Kier alpha value is 2.06. The molecular formula is H2CaCl2O8P2. The van der Waals surface area contributed by atoms with Gasteiger partial charge in [0.1, 0.15) is 0 Å². The van der Waals surface area contributed by atoms with Crippen LogP contribution in [-0.2, 0) is 17.3 Å². The van der Waals surface area contributed by atoms with Crippen molar-refractivity contribution in [2.75, 3.05) is 0 Å². The second-order valence-electron chi connectivity index (χ2n) is 1.08. The first kappa shape index (κ1) is 20.5. The molecule has 0 aromatic heterocycles. The van der Waals surface area contributed by atoms with Gasteiger partial charge in [0.2, 0.25) is 0 Å². The van der Waals surface area contributed by atoms with Crippen molar-refractivity contribution in [3.63, 3.8) is 0 Å². The fourth-order valence-electron chi connectivity index (χ4n) is 0. The molecule has 76 valence electrons. The summed E-state index contributed by atoms with van der Waals surface area (Å²) in [5.74, 6) is 0. The van der Waals surface area contributed by atoms with Crippen LogP contribution in [0.2, 0.25) is 0 Å². The molecule has 0 saturated heterocycles. The van der Waals surface area contributed by atoms with Gasteiger partial charge < -0.3 is 19.6 Å². The van der Waals surface area contributed by atoms with Gasteiger partial charge in [0.05, 0.1) is 23.7 Å². The van der Waals surface area contributed by atoms with Gasteiger partial charge in [0.15, 0.2) is 0 Å². The van der Waals surface area contributed by atoms with Gasteiger partial charge >= 0.3 is 37.7 Å². The Morgan fingerprint density at radius 3 is 1.08 bits per heavy atom. The van der Waals surface area contributed by atoms with Gasteiger partial charge in [0.25, 0.3) is 15.6 Å². The standard InChI is InChI=1S/Ca.2ClH2O4P/c;2*1-5-6(2,3)4/h;2*(H2,2,3,4)/q+2;;/p-2. The Kier molecular flexibility index (Phi) is 14.6. The van der Waals surface area contributed by atoms with Crippen molar-refractivity contribution in [3.05, 3.63) is 0 Å². The minimum atomic E-state index is -4.63. The molecule has 0 bridgehead atoms. The molecule has 13 heteroatoms.